The summed E-state index contributed by atoms with van der Waals surface area (Å²) in [5.41, 5.74) is 0.512. The highest BCUT2D eigenvalue weighted by atomic mass is 19.4. The SMILES string of the molecule is Cc1c(N2C[C@@H]3C(CC(=O)O)[C@@H]3C2)cc(C(F)(F)F)nc1N1CC[C@@H]1C. The van der Waals surface area contributed by atoms with Crippen molar-refractivity contribution >= 4 is 17.5 Å². The number of carboxylic acids is 1. The molecule has 4 atom stereocenters. The Morgan fingerprint density at radius 1 is 1.35 bits per heavy atom. The van der Waals surface area contributed by atoms with Crippen LogP contribution >= 0.6 is 0 Å². The van der Waals surface area contributed by atoms with Gasteiger partial charge in [0.15, 0.2) is 0 Å². The van der Waals surface area contributed by atoms with Crippen molar-refractivity contribution < 1.29 is 23.1 Å². The molecule has 0 aromatic carbocycles. The van der Waals surface area contributed by atoms with Crippen LogP contribution in [0.2, 0.25) is 0 Å². The maximum Gasteiger partial charge on any atom is 0.433 e. The highest BCUT2D eigenvalue weighted by Crippen LogP contribution is 2.55. The first kappa shape index (κ1) is 17.4. The normalized spacial score (nSPS) is 30.2. The van der Waals surface area contributed by atoms with Crippen LogP contribution in [0.1, 0.15) is 31.0 Å². The van der Waals surface area contributed by atoms with Gasteiger partial charge < -0.3 is 14.9 Å². The van der Waals surface area contributed by atoms with E-state index in [1.54, 1.807) is 0 Å². The molecule has 1 aromatic heterocycles. The Balaban J connectivity index is 1.62. The molecule has 1 N–H and O–H groups in total. The molecule has 3 aliphatic rings. The number of carbonyl (C=O) groups is 1. The fraction of sp³-hybridized carbons (Fsp3) is 0.667. The van der Waals surface area contributed by atoms with E-state index < -0.39 is 17.8 Å². The minimum absolute atomic E-state index is 0.156. The summed E-state index contributed by atoms with van der Waals surface area (Å²) in [5.74, 6) is 0.349. The zero-order chi connectivity index (χ0) is 18.8. The molecule has 1 unspecified atom stereocenters. The topological polar surface area (TPSA) is 56.7 Å². The van der Waals surface area contributed by atoms with Gasteiger partial charge in [0.05, 0.1) is 0 Å². The Kier molecular flexibility index (Phi) is 3.86. The second-order valence-electron chi connectivity index (χ2n) is 7.80. The zero-order valence-electron chi connectivity index (χ0n) is 14.8. The van der Waals surface area contributed by atoms with Crippen LogP contribution in [-0.4, -0.2) is 41.7 Å². The fourth-order valence-corrected chi connectivity index (χ4v) is 4.52. The lowest BCUT2D eigenvalue weighted by Gasteiger charge is -2.41. The van der Waals surface area contributed by atoms with Crippen LogP contribution in [0, 0.1) is 24.7 Å². The van der Waals surface area contributed by atoms with Gasteiger partial charge in [-0.1, -0.05) is 0 Å². The lowest BCUT2D eigenvalue weighted by atomic mass is 10.0. The quantitative estimate of drug-likeness (QED) is 0.884. The van der Waals surface area contributed by atoms with Crippen LogP contribution in [0.3, 0.4) is 0 Å². The molecule has 2 aliphatic heterocycles. The van der Waals surface area contributed by atoms with E-state index in [-0.39, 0.29) is 30.2 Å². The van der Waals surface area contributed by atoms with Crippen LogP contribution in [-0.2, 0) is 11.0 Å². The van der Waals surface area contributed by atoms with Gasteiger partial charge in [-0.3, -0.25) is 4.79 Å². The maximum atomic E-state index is 13.4. The first-order valence-corrected chi connectivity index (χ1v) is 8.99. The van der Waals surface area contributed by atoms with Gasteiger partial charge in [-0.2, -0.15) is 13.2 Å². The Morgan fingerprint density at radius 2 is 2.00 bits per heavy atom. The molecule has 0 amide bonds. The minimum Gasteiger partial charge on any atom is -0.481 e. The number of aliphatic carboxylic acids is 1. The number of halogens is 3. The van der Waals surface area contributed by atoms with E-state index >= 15 is 0 Å². The molecule has 4 rings (SSSR count). The van der Waals surface area contributed by atoms with Crippen molar-refractivity contribution in [3.8, 4) is 0 Å². The Labute approximate surface area is 149 Å². The molecule has 1 saturated carbocycles. The Bertz CT molecular complexity index is 740. The van der Waals surface area contributed by atoms with Gasteiger partial charge in [0.1, 0.15) is 11.5 Å². The number of nitrogens with zero attached hydrogens (tertiary/aromatic N) is 3. The maximum absolute atomic E-state index is 13.4. The number of rotatable bonds is 4. The summed E-state index contributed by atoms with van der Waals surface area (Å²) in [5, 5.41) is 8.94. The van der Waals surface area contributed by atoms with E-state index in [0.29, 0.717) is 24.6 Å². The molecule has 8 heteroatoms. The average Bonchev–Trinajstić information content (AvgIpc) is 2.97. The standard InChI is InChI=1S/C18H22F3N3O2/c1-9-3-4-24(9)17-10(2)14(6-15(22-17)18(19,20)21)23-7-12-11(5-16(25)26)13(12)8-23/h6,9,11-13H,3-5,7-8H2,1-2H3,(H,25,26)/t9-,11?,12-,13+/m0/s1. The molecular formula is C18H22F3N3O2. The number of piperidine rings is 1. The summed E-state index contributed by atoms with van der Waals surface area (Å²) in [4.78, 5) is 18.7. The number of hydrogen-bond donors (Lipinski definition) is 1. The van der Waals surface area contributed by atoms with Crippen LogP contribution in [0.4, 0.5) is 24.7 Å². The summed E-state index contributed by atoms with van der Waals surface area (Å²) < 4.78 is 40.1. The molecule has 142 valence electrons. The summed E-state index contributed by atoms with van der Waals surface area (Å²) >= 11 is 0. The average molecular weight is 369 g/mol. The van der Waals surface area contributed by atoms with Crippen LogP contribution in [0.5, 0.6) is 0 Å². The fourth-order valence-electron chi connectivity index (χ4n) is 4.52. The molecule has 1 aliphatic carbocycles. The Hall–Kier alpha value is -1.99. The molecule has 2 saturated heterocycles. The van der Waals surface area contributed by atoms with Gasteiger partial charge in [-0.05, 0) is 44.1 Å². The van der Waals surface area contributed by atoms with Crippen LogP contribution < -0.4 is 9.80 Å². The van der Waals surface area contributed by atoms with Crippen molar-refractivity contribution in [3.63, 3.8) is 0 Å². The number of pyridine rings is 1. The highest BCUT2D eigenvalue weighted by molar-refractivity contribution is 5.69. The van der Waals surface area contributed by atoms with Gasteiger partial charge in [-0.15, -0.1) is 0 Å². The second kappa shape index (κ2) is 5.76. The third kappa shape index (κ3) is 2.79. The minimum atomic E-state index is -4.49. The third-order valence-corrected chi connectivity index (χ3v) is 6.22. The monoisotopic (exact) mass is 369 g/mol. The van der Waals surface area contributed by atoms with Gasteiger partial charge in [0.25, 0.3) is 0 Å². The summed E-state index contributed by atoms with van der Waals surface area (Å²) in [7, 11) is 0. The van der Waals surface area contributed by atoms with Gasteiger partial charge in [0.2, 0.25) is 0 Å². The lowest BCUT2D eigenvalue weighted by molar-refractivity contribution is -0.141. The van der Waals surface area contributed by atoms with Crippen molar-refractivity contribution in [3.05, 3.63) is 17.3 Å². The summed E-state index contributed by atoms with van der Waals surface area (Å²) in [6.07, 6.45) is -3.37. The van der Waals surface area contributed by atoms with E-state index in [2.05, 4.69) is 4.98 Å². The number of hydrogen-bond acceptors (Lipinski definition) is 4. The number of alkyl halides is 3. The zero-order valence-corrected chi connectivity index (χ0v) is 14.8. The summed E-state index contributed by atoms with van der Waals surface area (Å²) in [6, 6.07) is 1.35. The van der Waals surface area contributed by atoms with Crippen molar-refractivity contribution in [2.24, 2.45) is 17.8 Å². The third-order valence-electron chi connectivity index (χ3n) is 6.22. The van der Waals surface area contributed by atoms with E-state index in [1.165, 1.54) is 0 Å². The number of carboxylic acid groups (broad SMARTS) is 1. The van der Waals surface area contributed by atoms with Gasteiger partial charge >= 0.3 is 12.1 Å². The molecule has 26 heavy (non-hydrogen) atoms. The van der Waals surface area contributed by atoms with Crippen molar-refractivity contribution in [2.45, 2.75) is 38.9 Å². The predicted molar refractivity (Wildman–Crippen MR) is 90.3 cm³/mol. The molecule has 0 radical (unpaired) electrons. The largest absolute Gasteiger partial charge is 0.481 e. The first-order valence-electron chi connectivity index (χ1n) is 8.99. The number of anilines is 2. The van der Waals surface area contributed by atoms with E-state index in [0.717, 1.165) is 24.6 Å². The molecule has 3 fully saturated rings. The molecule has 1 aromatic rings. The number of aromatic nitrogens is 1. The molecular weight excluding hydrogens is 347 g/mol. The van der Waals surface area contributed by atoms with Gasteiger partial charge in [0, 0.05) is 43.3 Å². The Morgan fingerprint density at radius 3 is 2.46 bits per heavy atom. The summed E-state index contributed by atoms with van der Waals surface area (Å²) in [6.45, 7) is 5.80. The van der Waals surface area contributed by atoms with E-state index in [9.17, 15) is 18.0 Å². The predicted octanol–water partition coefficient (Wildman–Crippen LogP) is 3.16. The lowest BCUT2D eigenvalue weighted by Crippen LogP contribution is -2.47. The van der Waals surface area contributed by atoms with Crippen molar-refractivity contribution in [1.82, 2.24) is 4.98 Å². The molecule has 0 bridgehead atoms. The van der Waals surface area contributed by atoms with Crippen molar-refractivity contribution in [1.29, 1.82) is 0 Å². The second-order valence-corrected chi connectivity index (χ2v) is 7.80. The van der Waals surface area contributed by atoms with Crippen LogP contribution in [0.25, 0.3) is 0 Å². The van der Waals surface area contributed by atoms with Gasteiger partial charge in [-0.25, -0.2) is 4.98 Å². The first-order chi connectivity index (χ1) is 12.2. The number of fused-ring (bicyclic) bond motifs is 1. The smallest absolute Gasteiger partial charge is 0.433 e. The molecule has 0 spiro atoms. The molecule has 5 nitrogen and oxygen atoms in total. The highest BCUT2D eigenvalue weighted by Gasteiger charge is 2.56. The van der Waals surface area contributed by atoms with E-state index in [1.807, 2.05) is 23.6 Å². The van der Waals surface area contributed by atoms with Crippen molar-refractivity contribution in [2.75, 3.05) is 29.4 Å². The van der Waals surface area contributed by atoms with E-state index in [4.69, 9.17) is 5.11 Å². The molecule has 3 heterocycles. The van der Waals surface area contributed by atoms with Crippen LogP contribution in [0.15, 0.2) is 6.07 Å².